The van der Waals surface area contributed by atoms with Gasteiger partial charge < -0.3 is 14.2 Å². The van der Waals surface area contributed by atoms with E-state index in [9.17, 15) is 17.6 Å². The first-order valence-electron chi connectivity index (χ1n) is 5.96. The Hall–Kier alpha value is -2.58. The van der Waals surface area contributed by atoms with Crippen LogP contribution in [0, 0.1) is 0 Å². The van der Waals surface area contributed by atoms with Gasteiger partial charge in [-0.3, -0.25) is 0 Å². The normalized spacial score (nSPS) is 17.9. The van der Waals surface area contributed by atoms with Gasteiger partial charge in [-0.2, -0.15) is 17.6 Å². The van der Waals surface area contributed by atoms with Crippen molar-refractivity contribution >= 4 is 0 Å². The van der Waals surface area contributed by atoms with Gasteiger partial charge in [0.1, 0.15) is 12.0 Å². The van der Waals surface area contributed by atoms with Crippen LogP contribution in [0.4, 0.5) is 17.6 Å². The number of alkyl halides is 4. The third-order valence-corrected chi connectivity index (χ3v) is 2.93. The Bertz CT molecular complexity index is 724. The second-order valence-electron chi connectivity index (χ2n) is 4.34. The van der Waals surface area contributed by atoms with Gasteiger partial charge in [-0.25, -0.2) is 9.97 Å². The van der Waals surface area contributed by atoms with Crippen molar-refractivity contribution in [3.8, 4) is 28.5 Å². The largest absolute Gasteiger partial charge is 0.507 e. The Labute approximate surface area is 121 Å². The van der Waals surface area contributed by atoms with Crippen LogP contribution in [-0.4, -0.2) is 29.3 Å². The Balaban J connectivity index is 2.06. The van der Waals surface area contributed by atoms with E-state index >= 15 is 0 Å². The molecule has 1 aliphatic rings. The number of aromatic nitrogens is 2. The summed E-state index contributed by atoms with van der Waals surface area (Å²) in [4.78, 5) is 7.73. The Morgan fingerprint density at radius 1 is 1.05 bits per heavy atom. The fourth-order valence-electron chi connectivity index (χ4n) is 1.90. The molecule has 0 unspecified atom stereocenters. The van der Waals surface area contributed by atoms with Gasteiger partial charge in [-0.05, 0) is 18.2 Å². The zero-order chi connectivity index (χ0) is 16.0. The number of halogens is 4. The minimum absolute atomic E-state index is 0.288. The van der Waals surface area contributed by atoms with Gasteiger partial charge in [0.05, 0.1) is 13.3 Å². The Morgan fingerprint density at radius 3 is 2.41 bits per heavy atom. The molecule has 0 atom stereocenters. The zero-order valence-corrected chi connectivity index (χ0v) is 11.0. The summed E-state index contributed by atoms with van der Waals surface area (Å²) in [6.07, 6.45) is -6.90. The third-order valence-electron chi connectivity index (χ3n) is 2.93. The summed E-state index contributed by atoms with van der Waals surface area (Å²) >= 11 is 0. The molecule has 3 rings (SSSR count). The van der Waals surface area contributed by atoms with E-state index in [1.54, 1.807) is 0 Å². The van der Waals surface area contributed by atoms with Gasteiger partial charge in [-0.1, -0.05) is 0 Å². The van der Waals surface area contributed by atoms with Crippen molar-refractivity contribution in [1.82, 2.24) is 9.97 Å². The molecule has 9 heteroatoms. The van der Waals surface area contributed by atoms with E-state index in [0.717, 1.165) is 12.1 Å². The van der Waals surface area contributed by atoms with E-state index in [1.165, 1.54) is 25.7 Å². The molecule has 1 aromatic heterocycles. The first-order chi connectivity index (χ1) is 10.3. The van der Waals surface area contributed by atoms with Crippen LogP contribution in [0.2, 0.25) is 0 Å². The van der Waals surface area contributed by atoms with E-state index in [0.29, 0.717) is 11.3 Å². The second kappa shape index (κ2) is 4.72. The molecule has 2 heterocycles. The third kappa shape index (κ3) is 2.18. The molecule has 0 saturated carbocycles. The number of ether oxygens (including phenoxy) is 3. The number of hydrogen-bond acceptors (Lipinski definition) is 5. The maximum atomic E-state index is 13.2. The molecule has 1 aromatic carbocycles. The molecule has 0 saturated heterocycles. The summed E-state index contributed by atoms with van der Waals surface area (Å²) in [5, 5.41) is 0. The average molecular weight is 316 g/mol. The summed E-state index contributed by atoms with van der Waals surface area (Å²) in [7, 11) is 1.38. The number of fused-ring (bicyclic) bond motifs is 1. The molecule has 0 amide bonds. The smallest absolute Gasteiger partial charge is 0.493 e. The van der Waals surface area contributed by atoms with E-state index in [4.69, 9.17) is 4.74 Å². The number of hydrogen-bond donors (Lipinski definition) is 0. The van der Waals surface area contributed by atoms with E-state index in [2.05, 4.69) is 19.4 Å². The van der Waals surface area contributed by atoms with Crippen LogP contribution < -0.4 is 14.2 Å². The molecule has 0 fully saturated rings. The SMILES string of the molecule is COc1cncnc1-c1ccc2c(c1)OC(F)(F)C(F)(F)O2. The fraction of sp³-hybridized carbons (Fsp3) is 0.231. The quantitative estimate of drug-likeness (QED) is 0.797. The lowest BCUT2D eigenvalue weighted by molar-refractivity contribution is -0.391. The second-order valence-corrected chi connectivity index (χ2v) is 4.34. The maximum Gasteiger partial charge on any atom is 0.507 e. The highest BCUT2D eigenvalue weighted by molar-refractivity contribution is 5.69. The first kappa shape index (κ1) is 14.4. The Kier molecular flexibility index (Phi) is 3.08. The van der Waals surface area contributed by atoms with E-state index < -0.39 is 23.7 Å². The average Bonchev–Trinajstić information content (AvgIpc) is 2.47. The van der Waals surface area contributed by atoms with Crippen molar-refractivity contribution in [2.24, 2.45) is 0 Å². The lowest BCUT2D eigenvalue weighted by Gasteiger charge is -2.31. The number of benzene rings is 1. The lowest BCUT2D eigenvalue weighted by Crippen LogP contribution is -2.52. The van der Waals surface area contributed by atoms with Crippen molar-refractivity contribution in [2.45, 2.75) is 12.2 Å². The molecule has 0 aliphatic carbocycles. The van der Waals surface area contributed by atoms with E-state index in [1.807, 2.05) is 0 Å². The van der Waals surface area contributed by atoms with Gasteiger partial charge >= 0.3 is 12.2 Å². The van der Waals surface area contributed by atoms with Crippen molar-refractivity contribution in [1.29, 1.82) is 0 Å². The highest BCUT2D eigenvalue weighted by Gasteiger charge is 2.65. The fourth-order valence-corrected chi connectivity index (χ4v) is 1.90. The van der Waals surface area contributed by atoms with E-state index in [-0.39, 0.29) is 5.75 Å². The van der Waals surface area contributed by atoms with Crippen molar-refractivity contribution in [3.63, 3.8) is 0 Å². The molecule has 0 N–H and O–H groups in total. The van der Waals surface area contributed by atoms with Gasteiger partial charge in [0.2, 0.25) is 0 Å². The van der Waals surface area contributed by atoms with Crippen molar-refractivity contribution in [3.05, 3.63) is 30.7 Å². The molecule has 22 heavy (non-hydrogen) atoms. The molecular weight excluding hydrogens is 308 g/mol. The van der Waals surface area contributed by atoms with Crippen LogP contribution in [0.15, 0.2) is 30.7 Å². The number of rotatable bonds is 2. The van der Waals surface area contributed by atoms with Crippen LogP contribution in [0.5, 0.6) is 17.2 Å². The maximum absolute atomic E-state index is 13.2. The highest BCUT2D eigenvalue weighted by Crippen LogP contribution is 2.48. The van der Waals surface area contributed by atoms with Crippen LogP contribution in [0.3, 0.4) is 0 Å². The number of nitrogens with zero attached hydrogens (tertiary/aromatic N) is 2. The molecule has 0 bridgehead atoms. The van der Waals surface area contributed by atoms with Crippen molar-refractivity contribution in [2.75, 3.05) is 7.11 Å². The summed E-state index contributed by atoms with van der Waals surface area (Å²) < 4.78 is 65.7. The lowest BCUT2D eigenvalue weighted by atomic mass is 10.1. The van der Waals surface area contributed by atoms with Gasteiger partial charge in [0.25, 0.3) is 0 Å². The minimum atomic E-state index is -4.77. The molecule has 0 radical (unpaired) electrons. The summed E-state index contributed by atoms with van der Waals surface area (Å²) in [6.45, 7) is 0. The Morgan fingerprint density at radius 2 is 1.73 bits per heavy atom. The minimum Gasteiger partial charge on any atom is -0.493 e. The molecule has 0 spiro atoms. The predicted octanol–water partition coefficient (Wildman–Crippen LogP) is 3.11. The summed E-state index contributed by atoms with van der Waals surface area (Å²) in [6, 6.07) is 3.57. The molecular formula is C13H8F4N2O3. The monoisotopic (exact) mass is 316 g/mol. The van der Waals surface area contributed by atoms with Crippen molar-refractivity contribution < 1.29 is 31.8 Å². The van der Waals surface area contributed by atoms with Crippen LogP contribution in [0.25, 0.3) is 11.3 Å². The first-order valence-corrected chi connectivity index (χ1v) is 5.96. The summed E-state index contributed by atoms with van der Waals surface area (Å²) in [5.74, 6) is -0.724. The van der Waals surface area contributed by atoms with Crippen LogP contribution >= 0.6 is 0 Å². The standard InChI is InChI=1S/C13H8F4N2O3/c1-20-10-5-18-6-19-11(10)7-2-3-8-9(4-7)22-13(16,17)12(14,15)21-8/h2-6H,1H3. The van der Waals surface area contributed by atoms with Gasteiger partial charge in [-0.15, -0.1) is 0 Å². The van der Waals surface area contributed by atoms with Gasteiger partial charge in [0, 0.05) is 5.56 Å². The molecule has 1 aliphatic heterocycles. The number of methoxy groups -OCH3 is 1. The molecule has 116 valence electrons. The van der Waals surface area contributed by atoms with Gasteiger partial charge in [0.15, 0.2) is 17.2 Å². The zero-order valence-electron chi connectivity index (χ0n) is 11.0. The topological polar surface area (TPSA) is 53.5 Å². The molecule has 5 nitrogen and oxygen atoms in total. The summed E-state index contributed by atoms with van der Waals surface area (Å²) in [5.41, 5.74) is 0.618. The predicted molar refractivity (Wildman–Crippen MR) is 65.2 cm³/mol. The van der Waals surface area contributed by atoms with Crippen LogP contribution in [-0.2, 0) is 0 Å². The highest BCUT2D eigenvalue weighted by atomic mass is 19.3. The van der Waals surface area contributed by atoms with Crippen LogP contribution in [0.1, 0.15) is 0 Å². The molecule has 2 aromatic rings.